The molecular formula is C12H22O. The van der Waals surface area contributed by atoms with Gasteiger partial charge in [0.1, 0.15) is 5.60 Å². The van der Waals surface area contributed by atoms with E-state index < -0.39 is 0 Å². The van der Waals surface area contributed by atoms with Crippen molar-refractivity contribution < 1.29 is 4.74 Å². The molecule has 0 aliphatic heterocycles. The largest absolute Gasteiger partial charge is 0.493 e. The van der Waals surface area contributed by atoms with Crippen molar-refractivity contribution in [2.75, 3.05) is 0 Å². The summed E-state index contributed by atoms with van der Waals surface area (Å²) in [7, 11) is 0. The van der Waals surface area contributed by atoms with Gasteiger partial charge >= 0.3 is 0 Å². The lowest BCUT2D eigenvalue weighted by atomic mass is 9.88. The first-order chi connectivity index (χ1) is 5.99. The van der Waals surface area contributed by atoms with Crippen molar-refractivity contribution in [3.8, 4) is 0 Å². The average molecular weight is 182 g/mol. The van der Waals surface area contributed by atoms with Crippen LogP contribution in [-0.4, -0.2) is 5.60 Å². The minimum absolute atomic E-state index is 0.0749. The van der Waals surface area contributed by atoms with Crippen molar-refractivity contribution in [3.63, 3.8) is 0 Å². The van der Waals surface area contributed by atoms with Gasteiger partial charge in [0.05, 0.1) is 5.76 Å². The number of rotatable bonds is 2. The van der Waals surface area contributed by atoms with Crippen LogP contribution in [0.4, 0.5) is 0 Å². The summed E-state index contributed by atoms with van der Waals surface area (Å²) in [5.74, 6) is 1.63. The average Bonchev–Trinajstić information content (AvgIpc) is 2.03. The van der Waals surface area contributed by atoms with Crippen LogP contribution >= 0.6 is 0 Å². The highest BCUT2D eigenvalue weighted by atomic mass is 16.5. The van der Waals surface area contributed by atoms with Gasteiger partial charge in [-0.1, -0.05) is 25.8 Å². The van der Waals surface area contributed by atoms with Gasteiger partial charge in [-0.05, 0) is 33.6 Å². The molecule has 0 spiro atoms. The van der Waals surface area contributed by atoms with Crippen molar-refractivity contribution in [2.45, 2.75) is 58.5 Å². The third-order valence-electron chi connectivity index (χ3n) is 2.50. The lowest BCUT2D eigenvalue weighted by Gasteiger charge is -2.29. The summed E-state index contributed by atoms with van der Waals surface area (Å²) >= 11 is 0. The van der Waals surface area contributed by atoms with E-state index in [9.17, 15) is 0 Å². The van der Waals surface area contributed by atoms with Crippen LogP contribution in [0, 0.1) is 5.92 Å². The van der Waals surface area contributed by atoms with Gasteiger partial charge in [0.25, 0.3) is 0 Å². The predicted molar refractivity (Wildman–Crippen MR) is 56.6 cm³/mol. The SMILES string of the molecule is C=C(OC(C)(C)C)C1CCCCC1. The highest BCUT2D eigenvalue weighted by Crippen LogP contribution is 2.31. The van der Waals surface area contributed by atoms with E-state index in [1.807, 2.05) is 0 Å². The van der Waals surface area contributed by atoms with Gasteiger partial charge in [-0.15, -0.1) is 0 Å². The van der Waals surface area contributed by atoms with Crippen LogP contribution in [-0.2, 0) is 4.74 Å². The highest BCUT2D eigenvalue weighted by molar-refractivity contribution is 4.94. The third kappa shape index (κ3) is 3.84. The van der Waals surface area contributed by atoms with Crippen LogP contribution in [0.3, 0.4) is 0 Å². The predicted octanol–water partition coefficient (Wildman–Crippen LogP) is 3.90. The van der Waals surface area contributed by atoms with E-state index in [1.165, 1.54) is 32.1 Å². The molecule has 0 atom stereocenters. The molecule has 1 fully saturated rings. The highest BCUT2D eigenvalue weighted by Gasteiger charge is 2.21. The molecule has 1 rings (SSSR count). The molecule has 0 bridgehead atoms. The molecule has 1 aliphatic carbocycles. The maximum absolute atomic E-state index is 5.78. The summed E-state index contributed by atoms with van der Waals surface area (Å²) < 4.78 is 5.78. The van der Waals surface area contributed by atoms with E-state index in [2.05, 4.69) is 27.4 Å². The Balaban J connectivity index is 2.38. The number of hydrogen-bond donors (Lipinski definition) is 0. The Morgan fingerprint density at radius 2 is 1.69 bits per heavy atom. The zero-order valence-corrected chi connectivity index (χ0v) is 9.23. The Kier molecular flexibility index (Phi) is 3.40. The normalized spacial score (nSPS) is 19.9. The van der Waals surface area contributed by atoms with Crippen molar-refractivity contribution in [1.82, 2.24) is 0 Å². The summed E-state index contributed by atoms with van der Waals surface area (Å²) in [6, 6.07) is 0. The number of ether oxygens (including phenoxy) is 1. The van der Waals surface area contributed by atoms with E-state index >= 15 is 0 Å². The molecule has 1 nitrogen and oxygen atoms in total. The summed E-state index contributed by atoms with van der Waals surface area (Å²) in [4.78, 5) is 0. The van der Waals surface area contributed by atoms with Crippen molar-refractivity contribution >= 4 is 0 Å². The van der Waals surface area contributed by atoms with Gasteiger partial charge < -0.3 is 4.74 Å². The van der Waals surface area contributed by atoms with Crippen molar-refractivity contribution in [2.24, 2.45) is 5.92 Å². The molecule has 0 heterocycles. The lowest BCUT2D eigenvalue weighted by Crippen LogP contribution is -2.22. The van der Waals surface area contributed by atoms with Crippen LogP contribution in [0.1, 0.15) is 52.9 Å². The van der Waals surface area contributed by atoms with Gasteiger partial charge in [-0.3, -0.25) is 0 Å². The molecule has 0 amide bonds. The molecule has 1 heteroatoms. The van der Waals surface area contributed by atoms with E-state index in [0.717, 1.165) is 5.76 Å². The molecule has 0 N–H and O–H groups in total. The first kappa shape index (κ1) is 10.6. The van der Waals surface area contributed by atoms with Crippen LogP contribution in [0.25, 0.3) is 0 Å². The molecule has 0 aromatic heterocycles. The Hall–Kier alpha value is -0.460. The summed E-state index contributed by atoms with van der Waals surface area (Å²) in [5, 5.41) is 0. The summed E-state index contributed by atoms with van der Waals surface area (Å²) in [6.07, 6.45) is 6.62. The van der Waals surface area contributed by atoms with E-state index in [-0.39, 0.29) is 5.60 Å². The van der Waals surface area contributed by atoms with Gasteiger partial charge in [-0.2, -0.15) is 0 Å². The molecular weight excluding hydrogens is 160 g/mol. The zero-order valence-electron chi connectivity index (χ0n) is 9.23. The molecule has 0 aromatic carbocycles. The maximum Gasteiger partial charge on any atom is 0.100 e. The van der Waals surface area contributed by atoms with E-state index in [4.69, 9.17) is 4.74 Å². The Bertz CT molecular complexity index is 170. The van der Waals surface area contributed by atoms with Gasteiger partial charge in [-0.25, -0.2) is 0 Å². The van der Waals surface area contributed by atoms with Crippen molar-refractivity contribution in [1.29, 1.82) is 0 Å². The molecule has 0 unspecified atom stereocenters. The molecule has 0 radical (unpaired) electrons. The first-order valence-corrected chi connectivity index (χ1v) is 5.37. The standard InChI is InChI=1S/C12H22O/c1-10(13-12(2,3)4)11-8-6-5-7-9-11/h11H,1,5-9H2,2-4H3. The topological polar surface area (TPSA) is 9.23 Å². The number of allylic oxidation sites excluding steroid dienone is 1. The smallest absolute Gasteiger partial charge is 0.100 e. The lowest BCUT2D eigenvalue weighted by molar-refractivity contribution is 0.0297. The van der Waals surface area contributed by atoms with Gasteiger partial charge in [0, 0.05) is 5.92 Å². The van der Waals surface area contributed by atoms with Crippen LogP contribution in [0.15, 0.2) is 12.3 Å². The Labute approximate surface area is 82.2 Å². The number of hydrogen-bond acceptors (Lipinski definition) is 1. The van der Waals surface area contributed by atoms with Crippen LogP contribution in [0.5, 0.6) is 0 Å². The minimum Gasteiger partial charge on any atom is -0.493 e. The van der Waals surface area contributed by atoms with E-state index in [1.54, 1.807) is 0 Å². The second-order valence-electron chi connectivity index (χ2n) is 5.02. The molecule has 1 saturated carbocycles. The summed E-state index contributed by atoms with van der Waals surface area (Å²) in [5.41, 5.74) is -0.0749. The monoisotopic (exact) mass is 182 g/mol. The fourth-order valence-corrected chi connectivity index (χ4v) is 1.90. The second kappa shape index (κ2) is 4.17. The van der Waals surface area contributed by atoms with Gasteiger partial charge in [0.2, 0.25) is 0 Å². The van der Waals surface area contributed by atoms with Gasteiger partial charge in [0.15, 0.2) is 0 Å². The molecule has 1 aliphatic rings. The van der Waals surface area contributed by atoms with E-state index in [0.29, 0.717) is 5.92 Å². The first-order valence-electron chi connectivity index (χ1n) is 5.37. The second-order valence-corrected chi connectivity index (χ2v) is 5.02. The third-order valence-corrected chi connectivity index (χ3v) is 2.50. The maximum atomic E-state index is 5.78. The Morgan fingerprint density at radius 1 is 1.15 bits per heavy atom. The quantitative estimate of drug-likeness (QED) is 0.589. The fourth-order valence-electron chi connectivity index (χ4n) is 1.90. The Morgan fingerprint density at radius 3 is 2.15 bits per heavy atom. The fraction of sp³-hybridized carbons (Fsp3) is 0.833. The zero-order chi connectivity index (χ0) is 9.90. The van der Waals surface area contributed by atoms with Crippen LogP contribution < -0.4 is 0 Å². The molecule has 13 heavy (non-hydrogen) atoms. The summed E-state index contributed by atoms with van der Waals surface area (Å²) in [6.45, 7) is 10.3. The molecule has 76 valence electrons. The molecule has 0 saturated heterocycles. The van der Waals surface area contributed by atoms with Crippen molar-refractivity contribution in [3.05, 3.63) is 12.3 Å². The minimum atomic E-state index is -0.0749. The molecule has 0 aromatic rings. The van der Waals surface area contributed by atoms with Crippen LogP contribution in [0.2, 0.25) is 0 Å².